The van der Waals surface area contributed by atoms with Crippen LogP contribution < -0.4 is 9.50 Å². The maximum atomic E-state index is 12.7. The number of carbonyl (C=O) groups excluding carboxylic acids is 1. The zero-order chi connectivity index (χ0) is 13.8. The van der Waals surface area contributed by atoms with Crippen LogP contribution in [0.25, 0.3) is 0 Å². The van der Waals surface area contributed by atoms with Gasteiger partial charge in [-0.1, -0.05) is 11.6 Å². The summed E-state index contributed by atoms with van der Waals surface area (Å²) >= 11 is 3.70. The van der Waals surface area contributed by atoms with Crippen LogP contribution in [0.2, 0.25) is 0 Å². The fourth-order valence-electron chi connectivity index (χ4n) is 1.53. The van der Waals surface area contributed by atoms with Crippen molar-refractivity contribution in [1.82, 2.24) is 4.98 Å². The van der Waals surface area contributed by atoms with Crippen LogP contribution in [-0.4, -0.2) is 10.9 Å². The summed E-state index contributed by atoms with van der Waals surface area (Å²) in [5.74, 6) is -0.258. The summed E-state index contributed by atoms with van der Waals surface area (Å²) < 4.78 is 17.5. The minimum Gasteiger partial charge on any atom is -0.428 e. The average molecular weight is 278 g/mol. The van der Waals surface area contributed by atoms with E-state index in [1.54, 1.807) is 18.2 Å². The molecule has 0 saturated carbocycles. The lowest BCUT2D eigenvalue weighted by Gasteiger charge is -2.08. The summed E-state index contributed by atoms with van der Waals surface area (Å²) in [6, 6.07) is 7.72. The first-order chi connectivity index (χ1) is 9.10. The second-order valence-electron chi connectivity index (χ2n) is 3.91. The molecule has 1 amide bonds. The molecule has 1 aromatic heterocycles. The number of aromatic nitrogens is 1. The molecule has 0 saturated heterocycles. The van der Waals surface area contributed by atoms with E-state index in [0.717, 1.165) is 11.8 Å². The van der Waals surface area contributed by atoms with E-state index in [4.69, 9.17) is 4.18 Å². The molecule has 98 valence electrons. The number of aryl methyl sites for hydroxylation is 1. The number of rotatable bonds is 3. The van der Waals surface area contributed by atoms with E-state index in [1.165, 1.54) is 12.1 Å². The van der Waals surface area contributed by atoms with E-state index in [-0.39, 0.29) is 5.82 Å². The monoisotopic (exact) mass is 278 g/mol. The molecule has 0 aliphatic heterocycles. The molecule has 0 spiro atoms. The Labute approximate surface area is 115 Å². The third-order valence-electron chi connectivity index (χ3n) is 2.45. The predicted molar refractivity (Wildman–Crippen MR) is 72.9 cm³/mol. The number of hydrogen-bond acceptors (Lipinski definition) is 4. The van der Waals surface area contributed by atoms with Gasteiger partial charge in [0.25, 0.3) is 5.91 Å². The number of hydrogen-bond donors (Lipinski definition) is 2. The highest BCUT2D eigenvalue weighted by atomic mass is 32.1. The number of benzene rings is 1. The van der Waals surface area contributed by atoms with Gasteiger partial charge in [-0.3, -0.25) is 4.79 Å². The van der Waals surface area contributed by atoms with E-state index in [1.807, 2.05) is 6.92 Å². The van der Waals surface area contributed by atoms with Crippen LogP contribution in [0.1, 0.15) is 15.9 Å². The Balaban J connectivity index is 2.24. The maximum Gasteiger partial charge on any atom is 0.260 e. The fraction of sp³-hybridized carbons (Fsp3) is 0.0769. The summed E-state index contributed by atoms with van der Waals surface area (Å²) in [5.41, 5.74) is 1.24. The quantitative estimate of drug-likeness (QED) is 0.670. The van der Waals surface area contributed by atoms with E-state index < -0.39 is 11.7 Å². The van der Waals surface area contributed by atoms with Crippen molar-refractivity contribution in [3.63, 3.8) is 0 Å². The molecule has 0 bridgehead atoms. The SMILES string of the molecule is Cc1ccc(OS)c(C(=O)Nc2ccc(F)cn2)c1. The number of amides is 1. The number of nitrogens with one attached hydrogen (secondary N) is 1. The van der Waals surface area contributed by atoms with Crippen molar-refractivity contribution >= 4 is 24.6 Å². The van der Waals surface area contributed by atoms with Crippen LogP contribution in [0, 0.1) is 12.7 Å². The number of halogens is 1. The molecule has 2 rings (SSSR count). The normalized spacial score (nSPS) is 10.1. The van der Waals surface area contributed by atoms with Gasteiger partial charge in [0.2, 0.25) is 0 Å². The second-order valence-corrected chi connectivity index (χ2v) is 4.09. The van der Waals surface area contributed by atoms with Gasteiger partial charge in [-0.2, -0.15) is 0 Å². The largest absolute Gasteiger partial charge is 0.428 e. The van der Waals surface area contributed by atoms with Gasteiger partial charge in [0, 0.05) is 12.9 Å². The van der Waals surface area contributed by atoms with Crippen molar-refractivity contribution in [2.24, 2.45) is 0 Å². The van der Waals surface area contributed by atoms with E-state index in [2.05, 4.69) is 23.2 Å². The van der Waals surface area contributed by atoms with Gasteiger partial charge in [0.05, 0.1) is 11.8 Å². The Morgan fingerprint density at radius 3 is 2.79 bits per heavy atom. The van der Waals surface area contributed by atoms with Crippen molar-refractivity contribution in [1.29, 1.82) is 0 Å². The van der Waals surface area contributed by atoms with Crippen LogP contribution in [0.4, 0.5) is 10.2 Å². The van der Waals surface area contributed by atoms with Crippen molar-refractivity contribution in [3.8, 4) is 5.75 Å². The standard InChI is InChI=1S/C13H11FN2O2S/c1-8-2-4-11(18-19)10(6-8)13(17)16-12-5-3-9(14)7-15-12/h2-7,19H,1H3,(H,15,16,17). The average Bonchev–Trinajstić information content (AvgIpc) is 2.41. The molecule has 1 heterocycles. The molecular formula is C13H11FN2O2S. The van der Waals surface area contributed by atoms with Crippen LogP contribution in [0.15, 0.2) is 36.5 Å². The Hall–Kier alpha value is -2.08. The van der Waals surface area contributed by atoms with Crippen LogP contribution in [-0.2, 0) is 0 Å². The number of anilines is 1. The van der Waals surface area contributed by atoms with Gasteiger partial charge in [0.1, 0.15) is 17.4 Å². The summed E-state index contributed by atoms with van der Waals surface area (Å²) in [6.07, 6.45) is 1.03. The molecule has 0 atom stereocenters. The fourth-order valence-corrected chi connectivity index (χ4v) is 1.69. The molecule has 0 aliphatic carbocycles. The van der Waals surface area contributed by atoms with E-state index >= 15 is 0 Å². The first kappa shape index (κ1) is 13.4. The number of nitrogens with zero attached hydrogens (tertiary/aromatic N) is 1. The van der Waals surface area contributed by atoms with Crippen molar-refractivity contribution < 1.29 is 13.4 Å². The maximum absolute atomic E-state index is 12.7. The van der Waals surface area contributed by atoms with Gasteiger partial charge in [-0.05, 0) is 31.2 Å². The summed E-state index contributed by atoms with van der Waals surface area (Å²) in [6.45, 7) is 1.86. The highest BCUT2D eigenvalue weighted by molar-refractivity contribution is 7.75. The Kier molecular flexibility index (Phi) is 4.01. The molecule has 4 nitrogen and oxygen atoms in total. The molecular weight excluding hydrogens is 267 g/mol. The van der Waals surface area contributed by atoms with Gasteiger partial charge in [-0.25, -0.2) is 9.37 Å². The number of carbonyl (C=O) groups is 1. The minimum absolute atomic E-state index is 0.262. The summed E-state index contributed by atoms with van der Waals surface area (Å²) in [7, 11) is 0. The van der Waals surface area contributed by atoms with Gasteiger partial charge >= 0.3 is 0 Å². The molecule has 1 aromatic carbocycles. The third-order valence-corrected chi connectivity index (χ3v) is 2.64. The summed E-state index contributed by atoms with van der Waals surface area (Å²) in [4.78, 5) is 15.8. The molecule has 0 aliphatic rings. The second kappa shape index (κ2) is 5.71. The molecule has 6 heteroatoms. The minimum atomic E-state index is -0.465. The zero-order valence-corrected chi connectivity index (χ0v) is 10.9. The predicted octanol–water partition coefficient (Wildman–Crippen LogP) is 3.01. The Morgan fingerprint density at radius 1 is 1.37 bits per heavy atom. The van der Waals surface area contributed by atoms with Gasteiger partial charge in [0.15, 0.2) is 0 Å². The van der Waals surface area contributed by atoms with Crippen molar-refractivity contribution in [2.45, 2.75) is 6.92 Å². The molecule has 0 fully saturated rings. The number of pyridine rings is 1. The lowest BCUT2D eigenvalue weighted by Crippen LogP contribution is -2.14. The van der Waals surface area contributed by atoms with Crippen molar-refractivity contribution in [2.75, 3.05) is 5.32 Å². The number of thiol groups is 1. The lowest BCUT2D eigenvalue weighted by atomic mass is 10.1. The molecule has 0 unspecified atom stereocenters. The zero-order valence-electron chi connectivity index (χ0n) is 10.1. The van der Waals surface area contributed by atoms with E-state index in [9.17, 15) is 9.18 Å². The van der Waals surface area contributed by atoms with Crippen LogP contribution in [0.3, 0.4) is 0 Å². The smallest absolute Gasteiger partial charge is 0.260 e. The van der Waals surface area contributed by atoms with Gasteiger partial charge < -0.3 is 9.50 Å². The Bertz CT molecular complexity index is 602. The first-order valence-electron chi connectivity index (χ1n) is 5.45. The molecule has 19 heavy (non-hydrogen) atoms. The first-order valence-corrected chi connectivity index (χ1v) is 5.81. The highest BCUT2D eigenvalue weighted by Crippen LogP contribution is 2.22. The molecule has 2 aromatic rings. The van der Waals surface area contributed by atoms with Gasteiger partial charge in [-0.15, -0.1) is 0 Å². The van der Waals surface area contributed by atoms with Crippen LogP contribution >= 0.6 is 12.9 Å². The topological polar surface area (TPSA) is 51.2 Å². The third kappa shape index (κ3) is 3.23. The lowest BCUT2D eigenvalue weighted by molar-refractivity contribution is 0.102. The molecule has 0 radical (unpaired) electrons. The van der Waals surface area contributed by atoms with E-state index in [0.29, 0.717) is 11.3 Å². The summed E-state index contributed by atoms with van der Waals surface area (Å²) in [5, 5.41) is 2.56. The van der Waals surface area contributed by atoms with Crippen LogP contribution in [0.5, 0.6) is 5.75 Å². The van der Waals surface area contributed by atoms with Crippen molar-refractivity contribution in [3.05, 3.63) is 53.5 Å². The molecule has 1 N–H and O–H groups in total. The highest BCUT2D eigenvalue weighted by Gasteiger charge is 2.13. The Morgan fingerprint density at radius 2 is 2.16 bits per heavy atom.